The van der Waals surface area contributed by atoms with Crippen molar-refractivity contribution in [3.8, 4) is 0 Å². The van der Waals surface area contributed by atoms with E-state index in [1.807, 2.05) is 0 Å². The number of methoxy groups -OCH3 is 1. The fourth-order valence-corrected chi connectivity index (χ4v) is 7.18. The molecule has 7 atom stereocenters. The summed E-state index contributed by atoms with van der Waals surface area (Å²) in [6, 6.07) is 0. The quantitative estimate of drug-likeness (QED) is 0.592. The van der Waals surface area contributed by atoms with E-state index in [0.29, 0.717) is 24.7 Å². The summed E-state index contributed by atoms with van der Waals surface area (Å²) in [5, 5.41) is 11.0. The summed E-state index contributed by atoms with van der Waals surface area (Å²) < 4.78 is 5.01. The van der Waals surface area contributed by atoms with Crippen LogP contribution in [0.25, 0.3) is 0 Å². The van der Waals surface area contributed by atoms with Gasteiger partial charge in [0, 0.05) is 18.3 Å². The highest BCUT2D eigenvalue weighted by Crippen LogP contribution is 2.70. The minimum absolute atomic E-state index is 0.121. The van der Waals surface area contributed by atoms with Gasteiger partial charge in [0.25, 0.3) is 0 Å². The van der Waals surface area contributed by atoms with Crippen molar-refractivity contribution in [2.24, 2.45) is 34.5 Å². The Kier molecular flexibility index (Phi) is 3.51. The van der Waals surface area contributed by atoms with Crippen molar-refractivity contribution in [1.82, 2.24) is 0 Å². The lowest BCUT2D eigenvalue weighted by Gasteiger charge is -2.61. The number of fused-ring (bicyclic) bond motifs is 3. The van der Waals surface area contributed by atoms with Crippen molar-refractivity contribution in [2.45, 2.75) is 58.0 Å². The predicted octanol–water partition coefficient (Wildman–Crippen LogP) is 2.89. The van der Waals surface area contributed by atoms with Crippen LogP contribution in [0.3, 0.4) is 0 Å². The third-order valence-corrected chi connectivity index (χ3v) is 8.12. The maximum atomic E-state index is 12.5. The molecule has 0 amide bonds. The number of hydrogen-bond acceptors (Lipinski definition) is 4. The van der Waals surface area contributed by atoms with Crippen molar-refractivity contribution in [1.29, 1.82) is 0 Å². The fraction of sp³-hybridized carbons (Fsp3) is 0.800. The van der Waals surface area contributed by atoms with Gasteiger partial charge in [-0.05, 0) is 60.8 Å². The van der Waals surface area contributed by atoms with Crippen LogP contribution in [-0.4, -0.2) is 30.1 Å². The number of ether oxygens (including phenoxy) is 1. The second-order valence-electron chi connectivity index (χ2n) is 8.94. The zero-order chi connectivity index (χ0) is 17.3. The van der Waals surface area contributed by atoms with E-state index in [4.69, 9.17) is 4.74 Å². The Labute approximate surface area is 143 Å². The van der Waals surface area contributed by atoms with Crippen molar-refractivity contribution >= 4 is 11.8 Å². The Balaban J connectivity index is 1.75. The van der Waals surface area contributed by atoms with Gasteiger partial charge in [0.1, 0.15) is 5.78 Å². The summed E-state index contributed by atoms with van der Waals surface area (Å²) in [7, 11) is 1.42. The summed E-state index contributed by atoms with van der Waals surface area (Å²) in [5.74, 6) is 0.557. The molecule has 4 nitrogen and oxygen atoms in total. The van der Waals surface area contributed by atoms with Crippen LogP contribution in [0.1, 0.15) is 51.9 Å². The number of ketones is 1. The Hall–Kier alpha value is -1.16. The largest absolute Gasteiger partial charge is 0.469 e. The van der Waals surface area contributed by atoms with Crippen LogP contribution >= 0.6 is 0 Å². The molecule has 0 unspecified atom stereocenters. The number of aliphatic hydroxyl groups excluding tert-OH is 1. The van der Waals surface area contributed by atoms with Crippen LogP contribution in [0, 0.1) is 34.5 Å². The average molecular weight is 332 g/mol. The lowest BCUT2D eigenvalue weighted by atomic mass is 9.43. The highest BCUT2D eigenvalue weighted by Gasteiger charge is 2.66. The van der Waals surface area contributed by atoms with Gasteiger partial charge in [0.15, 0.2) is 0 Å². The van der Waals surface area contributed by atoms with E-state index in [0.717, 1.165) is 37.7 Å². The van der Waals surface area contributed by atoms with Gasteiger partial charge in [0.2, 0.25) is 0 Å². The second kappa shape index (κ2) is 5.17. The molecule has 0 heterocycles. The highest BCUT2D eigenvalue weighted by molar-refractivity contribution is 5.87. The maximum Gasteiger partial charge on any atom is 0.309 e. The van der Waals surface area contributed by atoms with Gasteiger partial charge in [-0.2, -0.15) is 0 Å². The van der Waals surface area contributed by atoms with E-state index in [1.54, 1.807) is 0 Å². The van der Waals surface area contributed by atoms with E-state index in [2.05, 4.69) is 13.5 Å². The van der Waals surface area contributed by atoms with Crippen LogP contribution in [0.4, 0.5) is 0 Å². The van der Waals surface area contributed by atoms with Crippen LogP contribution < -0.4 is 0 Å². The van der Waals surface area contributed by atoms with Crippen LogP contribution in [-0.2, 0) is 14.3 Å². The lowest BCUT2D eigenvalue weighted by Crippen LogP contribution is -2.58. The molecule has 2 bridgehead atoms. The first-order chi connectivity index (χ1) is 11.3. The lowest BCUT2D eigenvalue weighted by molar-refractivity contribution is -0.177. The number of rotatable bonds is 1. The molecular formula is C20H28O4. The SMILES string of the molecule is C=C1[C@H]2CC[C@H]3[C@]4(C)CC(=O)C[C@@H](C(=O)OC)[C@H]4CC[C@]3(C2)[C@H]1O. The molecule has 0 aliphatic heterocycles. The molecule has 0 saturated heterocycles. The van der Waals surface area contributed by atoms with Gasteiger partial charge in [-0.25, -0.2) is 0 Å². The minimum atomic E-state index is -0.443. The third-order valence-electron chi connectivity index (χ3n) is 8.12. The summed E-state index contributed by atoms with van der Waals surface area (Å²) in [4.78, 5) is 24.8. The molecular weight excluding hydrogens is 304 g/mol. The Bertz CT molecular complexity index is 611. The van der Waals surface area contributed by atoms with E-state index in [1.165, 1.54) is 7.11 Å². The third kappa shape index (κ3) is 1.89. The monoisotopic (exact) mass is 332 g/mol. The summed E-state index contributed by atoms with van der Waals surface area (Å²) >= 11 is 0. The normalized spacial score (nSPS) is 50.2. The fourth-order valence-electron chi connectivity index (χ4n) is 7.18. The Morgan fingerprint density at radius 3 is 2.79 bits per heavy atom. The number of Topliss-reactive ketones (excluding diaryl/α,β-unsaturated/α-hetero) is 1. The molecule has 4 fully saturated rings. The standard InChI is InChI=1S/C20H28O4/c1-11-12-4-5-16-19(2)10-13(21)8-14(18(23)24-3)15(19)6-7-20(16,9-12)17(11)22/h12,14-17,22H,1,4-10H2,2-3H3/t12-,14+,15+,16-,17-,19+,20+/m0/s1. The zero-order valence-electron chi connectivity index (χ0n) is 14.7. The number of carbonyl (C=O) groups excluding carboxylic acids is 2. The van der Waals surface area contributed by atoms with E-state index < -0.39 is 6.10 Å². The maximum absolute atomic E-state index is 12.5. The number of hydrogen-bond donors (Lipinski definition) is 1. The van der Waals surface area contributed by atoms with Crippen molar-refractivity contribution in [3.05, 3.63) is 12.2 Å². The molecule has 1 N–H and O–H groups in total. The van der Waals surface area contributed by atoms with Crippen LogP contribution in [0.5, 0.6) is 0 Å². The van der Waals surface area contributed by atoms with Gasteiger partial charge in [-0.3, -0.25) is 9.59 Å². The summed E-state index contributed by atoms with van der Waals surface area (Å²) in [6.07, 6.45) is 5.37. The number of carbonyl (C=O) groups is 2. The van der Waals surface area contributed by atoms with Gasteiger partial charge in [-0.1, -0.05) is 13.5 Å². The highest BCUT2D eigenvalue weighted by atomic mass is 16.5. The van der Waals surface area contributed by atoms with Crippen LogP contribution in [0.15, 0.2) is 12.2 Å². The van der Waals surface area contributed by atoms with Gasteiger partial charge in [-0.15, -0.1) is 0 Å². The van der Waals surface area contributed by atoms with Crippen molar-refractivity contribution in [2.75, 3.05) is 7.11 Å². The topological polar surface area (TPSA) is 63.6 Å². The minimum Gasteiger partial charge on any atom is -0.469 e. The Morgan fingerprint density at radius 2 is 2.08 bits per heavy atom. The molecule has 0 aromatic rings. The van der Waals surface area contributed by atoms with Crippen LogP contribution in [0.2, 0.25) is 0 Å². The summed E-state index contributed by atoms with van der Waals surface area (Å²) in [6.45, 7) is 6.37. The van der Waals surface area contributed by atoms with E-state index in [9.17, 15) is 14.7 Å². The van der Waals surface area contributed by atoms with Gasteiger partial charge < -0.3 is 9.84 Å². The summed E-state index contributed by atoms with van der Waals surface area (Å²) in [5.41, 5.74) is 0.679. The van der Waals surface area contributed by atoms with Crippen molar-refractivity contribution in [3.63, 3.8) is 0 Å². The molecule has 4 saturated carbocycles. The number of esters is 1. The molecule has 1 spiro atoms. The van der Waals surface area contributed by atoms with Gasteiger partial charge in [0.05, 0.1) is 19.1 Å². The molecule has 132 valence electrons. The first-order valence-corrected chi connectivity index (χ1v) is 9.30. The smallest absolute Gasteiger partial charge is 0.309 e. The van der Waals surface area contributed by atoms with E-state index in [-0.39, 0.29) is 34.4 Å². The average Bonchev–Trinajstić information content (AvgIpc) is 2.73. The molecule has 24 heavy (non-hydrogen) atoms. The van der Waals surface area contributed by atoms with E-state index >= 15 is 0 Å². The number of aliphatic hydroxyl groups is 1. The molecule has 4 aliphatic carbocycles. The molecule has 4 aliphatic rings. The molecule has 0 aromatic heterocycles. The molecule has 0 radical (unpaired) electrons. The molecule has 4 heteroatoms. The second-order valence-corrected chi connectivity index (χ2v) is 8.94. The first kappa shape index (κ1) is 16.3. The predicted molar refractivity (Wildman–Crippen MR) is 89.0 cm³/mol. The first-order valence-electron chi connectivity index (χ1n) is 9.30. The molecule has 0 aromatic carbocycles. The van der Waals surface area contributed by atoms with Gasteiger partial charge >= 0.3 is 5.97 Å². The zero-order valence-corrected chi connectivity index (χ0v) is 14.7. The Morgan fingerprint density at radius 1 is 1.33 bits per heavy atom. The molecule has 4 rings (SSSR count). The van der Waals surface area contributed by atoms with Crippen molar-refractivity contribution < 1.29 is 19.4 Å².